The Kier molecular flexibility index (Phi) is 7.33. The molecule has 172 valence electrons. The van der Waals surface area contributed by atoms with Gasteiger partial charge in [-0.2, -0.15) is 0 Å². The third-order valence-corrected chi connectivity index (χ3v) is 5.87. The van der Waals surface area contributed by atoms with E-state index in [1.54, 1.807) is 24.3 Å². The van der Waals surface area contributed by atoms with Crippen LogP contribution in [0.5, 0.6) is 0 Å². The molecule has 0 aliphatic heterocycles. The third kappa shape index (κ3) is 5.49. The van der Waals surface area contributed by atoms with E-state index >= 15 is 0 Å². The molecule has 7 heteroatoms. The second-order valence-electron chi connectivity index (χ2n) is 8.08. The number of carbonyl (C=O) groups excluding carboxylic acids is 2. The number of carboxylic acids is 1. The van der Waals surface area contributed by atoms with Crippen LogP contribution < -0.4 is 10.6 Å². The van der Waals surface area contributed by atoms with Crippen LogP contribution in [0, 0.1) is 0 Å². The highest BCUT2D eigenvalue weighted by Gasteiger charge is 2.41. The van der Waals surface area contributed by atoms with E-state index in [9.17, 15) is 19.5 Å². The van der Waals surface area contributed by atoms with E-state index in [4.69, 9.17) is 0 Å². The molecule has 2 aromatic carbocycles. The minimum atomic E-state index is -1.52. The molecule has 0 saturated carbocycles. The number of likely N-dealkylation sites (N-methyl/N-ethyl adjacent to an activating group) is 1. The van der Waals surface area contributed by atoms with Crippen molar-refractivity contribution < 1.29 is 19.5 Å². The van der Waals surface area contributed by atoms with Gasteiger partial charge >= 0.3 is 12.0 Å². The predicted molar refractivity (Wildman–Crippen MR) is 128 cm³/mol. The standard InChI is InChI=1S/C26H29N3O4/c1-4-19-10-12-22(13-11-19)27-25(33)28-26(24(32)29(3)18(2)23(30)31)16-14-21(15-17-26)20-8-6-5-7-9-20/h5-18,21H,4H2,1-3H3,(H,30,31)(H2,27,28,33)/t18-,21?,26?/m0/s1. The smallest absolute Gasteiger partial charge is 0.326 e. The van der Waals surface area contributed by atoms with Crippen LogP contribution in [0.15, 0.2) is 78.9 Å². The number of aliphatic carboxylic acids is 1. The molecule has 0 unspecified atom stereocenters. The Balaban J connectivity index is 1.85. The molecular formula is C26H29N3O4. The lowest BCUT2D eigenvalue weighted by Gasteiger charge is -2.35. The number of aryl methyl sites for hydroxylation is 1. The van der Waals surface area contributed by atoms with Gasteiger partial charge in [-0.25, -0.2) is 9.59 Å². The minimum Gasteiger partial charge on any atom is -0.480 e. The number of rotatable bonds is 7. The van der Waals surface area contributed by atoms with Crippen molar-refractivity contribution in [3.8, 4) is 0 Å². The summed E-state index contributed by atoms with van der Waals surface area (Å²) >= 11 is 0. The third-order valence-electron chi connectivity index (χ3n) is 5.87. The quantitative estimate of drug-likeness (QED) is 0.560. The summed E-state index contributed by atoms with van der Waals surface area (Å²) in [7, 11) is 1.41. The number of nitrogens with one attached hydrogen (secondary N) is 2. The summed E-state index contributed by atoms with van der Waals surface area (Å²) in [5.41, 5.74) is 1.25. The van der Waals surface area contributed by atoms with Crippen LogP contribution >= 0.6 is 0 Å². The summed E-state index contributed by atoms with van der Waals surface area (Å²) in [4.78, 5) is 38.8. The van der Waals surface area contributed by atoms with Gasteiger partial charge < -0.3 is 20.6 Å². The Hall–Kier alpha value is -3.87. The SMILES string of the molecule is CCc1ccc(NC(=O)NC2(C(=O)N(C)[C@@H](C)C(=O)O)C=CC(c3ccccc3)C=C2)cc1. The molecule has 0 aromatic heterocycles. The van der Waals surface area contributed by atoms with Crippen molar-refractivity contribution in [3.05, 3.63) is 90.0 Å². The van der Waals surface area contributed by atoms with Crippen LogP contribution in [0.1, 0.15) is 30.9 Å². The molecule has 0 saturated heterocycles. The summed E-state index contributed by atoms with van der Waals surface area (Å²) < 4.78 is 0. The van der Waals surface area contributed by atoms with Gasteiger partial charge in [0.1, 0.15) is 6.04 Å². The summed E-state index contributed by atoms with van der Waals surface area (Å²) in [6.45, 7) is 3.47. The fourth-order valence-electron chi connectivity index (χ4n) is 3.61. The first-order chi connectivity index (χ1) is 15.8. The van der Waals surface area contributed by atoms with E-state index < -0.39 is 29.5 Å². The van der Waals surface area contributed by atoms with E-state index in [1.165, 1.54) is 14.0 Å². The molecule has 1 atom stereocenters. The van der Waals surface area contributed by atoms with Crippen LogP contribution in [0.25, 0.3) is 0 Å². The topological polar surface area (TPSA) is 98.7 Å². The molecule has 33 heavy (non-hydrogen) atoms. The Labute approximate surface area is 193 Å². The number of benzene rings is 2. The van der Waals surface area contributed by atoms with E-state index in [0.717, 1.165) is 22.4 Å². The van der Waals surface area contributed by atoms with Crippen molar-refractivity contribution in [2.45, 2.75) is 37.8 Å². The van der Waals surface area contributed by atoms with Crippen LogP contribution in [-0.4, -0.2) is 46.5 Å². The highest BCUT2D eigenvalue weighted by Crippen LogP contribution is 2.28. The summed E-state index contributed by atoms with van der Waals surface area (Å²) in [5.74, 6) is -1.75. The molecule has 3 rings (SSSR count). The van der Waals surface area contributed by atoms with Crippen molar-refractivity contribution in [2.24, 2.45) is 0 Å². The van der Waals surface area contributed by atoms with Crippen molar-refractivity contribution in [2.75, 3.05) is 12.4 Å². The molecule has 0 radical (unpaired) electrons. The lowest BCUT2D eigenvalue weighted by Crippen LogP contribution is -2.60. The molecule has 2 aromatic rings. The van der Waals surface area contributed by atoms with Crippen molar-refractivity contribution in [1.82, 2.24) is 10.2 Å². The number of carbonyl (C=O) groups is 3. The Morgan fingerprint density at radius 3 is 2.18 bits per heavy atom. The molecule has 0 bridgehead atoms. The summed E-state index contributed by atoms with van der Waals surface area (Å²) in [6.07, 6.45) is 7.80. The van der Waals surface area contributed by atoms with Gasteiger partial charge in [0.05, 0.1) is 0 Å². The fourth-order valence-corrected chi connectivity index (χ4v) is 3.61. The highest BCUT2D eigenvalue weighted by atomic mass is 16.4. The van der Waals surface area contributed by atoms with Crippen LogP contribution in [0.2, 0.25) is 0 Å². The van der Waals surface area contributed by atoms with E-state index in [1.807, 2.05) is 61.5 Å². The first-order valence-corrected chi connectivity index (χ1v) is 10.9. The summed E-state index contributed by atoms with van der Waals surface area (Å²) in [5, 5.41) is 14.9. The van der Waals surface area contributed by atoms with Gasteiger partial charge in [-0.1, -0.05) is 61.5 Å². The van der Waals surface area contributed by atoms with E-state index in [2.05, 4.69) is 10.6 Å². The number of amides is 3. The first kappa shape index (κ1) is 23.8. The molecule has 7 nitrogen and oxygen atoms in total. The number of urea groups is 1. The first-order valence-electron chi connectivity index (χ1n) is 10.9. The molecule has 3 amide bonds. The molecule has 1 aliphatic carbocycles. The zero-order chi connectivity index (χ0) is 24.0. The largest absolute Gasteiger partial charge is 0.480 e. The van der Waals surface area contributed by atoms with Gasteiger partial charge in [-0.15, -0.1) is 0 Å². The Morgan fingerprint density at radius 1 is 1.03 bits per heavy atom. The summed E-state index contributed by atoms with van der Waals surface area (Å²) in [6, 6.07) is 15.5. The second-order valence-corrected chi connectivity index (χ2v) is 8.08. The Morgan fingerprint density at radius 2 is 1.64 bits per heavy atom. The lowest BCUT2D eigenvalue weighted by molar-refractivity contribution is -0.149. The lowest BCUT2D eigenvalue weighted by atomic mass is 9.85. The number of hydrogen-bond acceptors (Lipinski definition) is 3. The van der Waals surface area contributed by atoms with Crippen LogP contribution in [0.3, 0.4) is 0 Å². The maximum atomic E-state index is 13.4. The molecule has 0 spiro atoms. The molecule has 1 aliphatic rings. The Bertz CT molecular complexity index is 1050. The molecule has 3 N–H and O–H groups in total. The zero-order valence-electron chi connectivity index (χ0n) is 19.0. The monoisotopic (exact) mass is 447 g/mol. The number of nitrogens with zero attached hydrogens (tertiary/aromatic N) is 1. The fraction of sp³-hybridized carbons (Fsp3) is 0.269. The van der Waals surface area contributed by atoms with Crippen LogP contribution in [-0.2, 0) is 16.0 Å². The van der Waals surface area contributed by atoms with Gasteiger partial charge in [-0.3, -0.25) is 4.79 Å². The molecule has 0 fully saturated rings. The maximum absolute atomic E-state index is 13.4. The van der Waals surface area contributed by atoms with Crippen molar-refractivity contribution in [1.29, 1.82) is 0 Å². The highest BCUT2D eigenvalue weighted by molar-refractivity contribution is 6.00. The number of hydrogen-bond donors (Lipinski definition) is 3. The number of allylic oxidation sites excluding steroid dienone is 2. The van der Waals surface area contributed by atoms with Gasteiger partial charge in [0.15, 0.2) is 5.54 Å². The zero-order valence-corrected chi connectivity index (χ0v) is 19.0. The normalized spacial score (nSPS) is 20.0. The number of anilines is 1. The van der Waals surface area contributed by atoms with E-state index in [-0.39, 0.29) is 5.92 Å². The van der Waals surface area contributed by atoms with Crippen LogP contribution in [0.4, 0.5) is 10.5 Å². The maximum Gasteiger partial charge on any atom is 0.326 e. The molecular weight excluding hydrogens is 418 g/mol. The van der Waals surface area contributed by atoms with Gasteiger partial charge in [0.2, 0.25) is 0 Å². The number of carboxylic acid groups (broad SMARTS) is 1. The second kappa shape index (κ2) is 10.2. The molecule has 0 heterocycles. The van der Waals surface area contributed by atoms with E-state index in [0.29, 0.717) is 5.69 Å². The minimum absolute atomic E-state index is 0.0687. The van der Waals surface area contributed by atoms with Crippen molar-refractivity contribution in [3.63, 3.8) is 0 Å². The average molecular weight is 448 g/mol. The van der Waals surface area contributed by atoms with Gasteiger partial charge in [-0.05, 0) is 48.8 Å². The van der Waals surface area contributed by atoms with Gasteiger partial charge in [0.25, 0.3) is 5.91 Å². The van der Waals surface area contributed by atoms with Gasteiger partial charge in [0, 0.05) is 18.7 Å². The predicted octanol–water partition coefficient (Wildman–Crippen LogP) is 3.95. The van der Waals surface area contributed by atoms with Crippen molar-refractivity contribution >= 4 is 23.6 Å². The average Bonchev–Trinajstić information content (AvgIpc) is 2.84.